The summed E-state index contributed by atoms with van der Waals surface area (Å²) >= 11 is 0. The molecule has 8 heteroatoms. The van der Waals surface area contributed by atoms with Gasteiger partial charge in [-0.1, -0.05) is 13.8 Å². The molecule has 1 aliphatic heterocycles. The van der Waals surface area contributed by atoms with Crippen LogP contribution in [0.3, 0.4) is 0 Å². The van der Waals surface area contributed by atoms with Gasteiger partial charge in [0.15, 0.2) is 6.17 Å². The van der Waals surface area contributed by atoms with Gasteiger partial charge in [-0.3, -0.25) is 10.2 Å². The van der Waals surface area contributed by atoms with Crippen molar-refractivity contribution in [1.29, 1.82) is 5.41 Å². The third-order valence-electron chi connectivity index (χ3n) is 4.98. The first-order chi connectivity index (χ1) is 13.1. The summed E-state index contributed by atoms with van der Waals surface area (Å²) in [4.78, 5) is 14.2. The van der Waals surface area contributed by atoms with Crippen LogP contribution in [0.25, 0.3) is 0 Å². The topological polar surface area (TPSA) is 135 Å². The lowest BCUT2D eigenvalue weighted by Crippen LogP contribution is -2.60. The summed E-state index contributed by atoms with van der Waals surface area (Å²) in [7, 11) is 0. The first-order valence-corrected chi connectivity index (χ1v) is 9.83. The largest absolute Gasteiger partial charge is 0.508 e. The van der Waals surface area contributed by atoms with E-state index in [1.165, 1.54) is 6.07 Å². The first-order valence-electron chi connectivity index (χ1n) is 9.83. The van der Waals surface area contributed by atoms with Crippen molar-refractivity contribution in [3.63, 3.8) is 0 Å². The molecule has 0 spiro atoms. The summed E-state index contributed by atoms with van der Waals surface area (Å²) in [6.45, 7) is 9.09. The van der Waals surface area contributed by atoms with Crippen molar-refractivity contribution in [2.45, 2.75) is 64.7 Å². The normalized spacial score (nSPS) is 16.2. The number of hydrogen-bond acceptors (Lipinski definition) is 6. The van der Waals surface area contributed by atoms with Crippen molar-refractivity contribution in [1.82, 2.24) is 15.5 Å². The van der Waals surface area contributed by atoms with Crippen LogP contribution in [-0.4, -0.2) is 58.2 Å². The van der Waals surface area contributed by atoms with Gasteiger partial charge in [-0.2, -0.15) is 0 Å². The Morgan fingerprint density at radius 1 is 1.21 bits per heavy atom. The summed E-state index contributed by atoms with van der Waals surface area (Å²) < 4.78 is 0. The zero-order chi connectivity index (χ0) is 21.0. The molecule has 1 heterocycles. The van der Waals surface area contributed by atoms with E-state index in [4.69, 9.17) is 11.1 Å². The van der Waals surface area contributed by atoms with Crippen LogP contribution in [0.1, 0.15) is 57.6 Å². The molecule has 1 amide bonds. The number of amidine groups is 1. The second-order valence-corrected chi connectivity index (χ2v) is 7.93. The van der Waals surface area contributed by atoms with Crippen molar-refractivity contribution in [3.8, 4) is 11.5 Å². The van der Waals surface area contributed by atoms with Crippen LogP contribution in [-0.2, 0) is 4.79 Å². The van der Waals surface area contributed by atoms with Crippen LogP contribution in [0, 0.1) is 5.41 Å². The molecule has 0 aromatic heterocycles. The van der Waals surface area contributed by atoms with Crippen molar-refractivity contribution in [3.05, 3.63) is 23.3 Å². The number of phenols is 2. The number of benzene rings is 1. The Hall–Kier alpha value is -2.32. The number of hydrogen-bond donors (Lipinski definition) is 6. The Bertz CT molecular complexity index is 714. The predicted octanol–water partition coefficient (Wildman–Crippen LogP) is 1.41. The Labute approximate surface area is 166 Å². The van der Waals surface area contributed by atoms with Crippen molar-refractivity contribution in [2.75, 3.05) is 13.1 Å². The van der Waals surface area contributed by atoms with Crippen molar-refractivity contribution >= 4 is 11.7 Å². The Kier molecular flexibility index (Phi) is 7.26. The number of rotatable bonds is 6. The monoisotopic (exact) mass is 391 g/mol. The van der Waals surface area contributed by atoms with Gasteiger partial charge in [0.1, 0.15) is 17.3 Å². The molecule has 1 unspecified atom stereocenters. The summed E-state index contributed by atoms with van der Waals surface area (Å²) in [6.07, 6.45) is 0.427. The van der Waals surface area contributed by atoms with E-state index in [1.807, 2.05) is 27.7 Å². The molecule has 1 atom stereocenters. The maximum atomic E-state index is 12.6. The summed E-state index contributed by atoms with van der Waals surface area (Å²) in [5, 5.41) is 35.4. The number of nitrogens with zero attached hydrogens (tertiary/aromatic N) is 1. The molecule has 7 N–H and O–H groups in total. The van der Waals surface area contributed by atoms with Gasteiger partial charge in [0.2, 0.25) is 0 Å². The molecule has 0 aliphatic carbocycles. The number of piperidine rings is 1. The number of amides is 1. The Morgan fingerprint density at radius 2 is 1.82 bits per heavy atom. The lowest BCUT2D eigenvalue weighted by Gasteiger charge is -2.40. The van der Waals surface area contributed by atoms with Crippen LogP contribution >= 0.6 is 0 Å². The highest BCUT2D eigenvalue weighted by atomic mass is 16.3. The van der Waals surface area contributed by atoms with Crippen LogP contribution < -0.4 is 16.4 Å². The average Bonchev–Trinajstić information content (AvgIpc) is 2.61. The number of carbonyl (C=O) groups is 1. The lowest BCUT2D eigenvalue weighted by atomic mass is 9.96. The highest BCUT2D eigenvalue weighted by Crippen LogP contribution is 2.33. The average molecular weight is 392 g/mol. The molecule has 8 nitrogen and oxygen atoms in total. The molecular formula is C20H33N5O3. The molecular weight excluding hydrogens is 358 g/mol. The zero-order valence-corrected chi connectivity index (χ0v) is 17.1. The van der Waals surface area contributed by atoms with E-state index in [1.54, 1.807) is 11.0 Å². The second kappa shape index (κ2) is 9.25. The molecule has 2 rings (SSSR count). The molecule has 28 heavy (non-hydrogen) atoms. The van der Waals surface area contributed by atoms with E-state index in [9.17, 15) is 15.0 Å². The Morgan fingerprint density at radius 3 is 2.36 bits per heavy atom. The van der Waals surface area contributed by atoms with E-state index >= 15 is 0 Å². The molecule has 1 saturated heterocycles. The molecule has 0 bridgehead atoms. The van der Waals surface area contributed by atoms with Crippen LogP contribution in [0.4, 0.5) is 0 Å². The number of carbonyl (C=O) groups excluding carboxylic acids is 1. The van der Waals surface area contributed by atoms with Crippen LogP contribution in [0.5, 0.6) is 11.5 Å². The third kappa shape index (κ3) is 4.94. The van der Waals surface area contributed by atoms with E-state index in [-0.39, 0.29) is 46.8 Å². The van der Waals surface area contributed by atoms with Gasteiger partial charge < -0.3 is 31.5 Å². The van der Waals surface area contributed by atoms with Gasteiger partial charge in [0, 0.05) is 18.2 Å². The van der Waals surface area contributed by atoms with E-state index in [0.717, 1.165) is 25.9 Å². The maximum absolute atomic E-state index is 12.6. The van der Waals surface area contributed by atoms with Gasteiger partial charge >= 0.3 is 0 Å². The minimum absolute atomic E-state index is 0.0115. The number of nitrogens with one attached hydrogen (secondary N) is 3. The van der Waals surface area contributed by atoms with Crippen molar-refractivity contribution < 1.29 is 15.0 Å². The first kappa shape index (κ1) is 22.0. The zero-order valence-electron chi connectivity index (χ0n) is 17.1. The minimum atomic E-state index is -1.05. The van der Waals surface area contributed by atoms with E-state index in [0.29, 0.717) is 5.56 Å². The van der Waals surface area contributed by atoms with E-state index in [2.05, 4.69) is 10.6 Å². The summed E-state index contributed by atoms with van der Waals surface area (Å²) in [5.74, 6) is -0.586. The van der Waals surface area contributed by atoms with E-state index < -0.39 is 6.17 Å². The van der Waals surface area contributed by atoms with Crippen LogP contribution in [0.15, 0.2) is 12.1 Å². The highest BCUT2D eigenvalue weighted by Gasteiger charge is 2.33. The maximum Gasteiger partial charge on any atom is 0.257 e. The van der Waals surface area contributed by atoms with Crippen molar-refractivity contribution in [2.24, 2.45) is 5.73 Å². The molecule has 156 valence electrons. The van der Waals surface area contributed by atoms with Gasteiger partial charge in [-0.15, -0.1) is 0 Å². The van der Waals surface area contributed by atoms with Gasteiger partial charge in [0.25, 0.3) is 5.91 Å². The molecule has 0 saturated carbocycles. The fourth-order valence-electron chi connectivity index (χ4n) is 3.52. The number of phenolic OH excluding ortho intramolecular Hbond substituents is 2. The highest BCUT2D eigenvalue weighted by molar-refractivity contribution is 6.01. The SMILES string of the molecule is CC(C)NC(=O)C(N)N(C(=N)c1cc(C(C)C)c(O)cc1O)C1CCNCC1. The standard InChI is InChI=1S/C20H33N5O3/c1-11(2)14-9-15(17(27)10-16(14)26)18(21)25(13-5-7-23-8-6-13)19(22)20(28)24-12(3)4/h9-13,19,21,23,26-27H,5-8,22H2,1-4H3,(H,24,28). The van der Waals surface area contributed by atoms with Gasteiger partial charge in [-0.25, -0.2) is 0 Å². The second-order valence-electron chi connectivity index (χ2n) is 7.93. The fraction of sp³-hybridized carbons (Fsp3) is 0.600. The smallest absolute Gasteiger partial charge is 0.257 e. The fourth-order valence-corrected chi connectivity index (χ4v) is 3.52. The third-order valence-corrected chi connectivity index (χ3v) is 4.98. The number of aromatic hydroxyl groups is 2. The molecule has 1 aliphatic rings. The summed E-state index contributed by atoms with van der Waals surface area (Å²) in [5.41, 5.74) is 7.16. The molecule has 1 fully saturated rings. The summed E-state index contributed by atoms with van der Waals surface area (Å²) in [6, 6.07) is 2.69. The Balaban J connectivity index is 2.43. The van der Waals surface area contributed by atoms with Gasteiger partial charge in [-0.05, 0) is 57.3 Å². The quantitative estimate of drug-likeness (QED) is 0.247. The molecule has 1 aromatic rings. The van der Waals surface area contributed by atoms with Crippen LogP contribution in [0.2, 0.25) is 0 Å². The minimum Gasteiger partial charge on any atom is -0.508 e. The number of nitrogens with two attached hydrogens (primary N) is 1. The predicted molar refractivity (Wildman–Crippen MR) is 110 cm³/mol. The molecule has 0 radical (unpaired) electrons. The van der Waals surface area contributed by atoms with Gasteiger partial charge in [0.05, 0.1) is 5.56 Å². The lowest BCUT2D eigenvalue weighted by molar-refractivity contribution is -0.126. The molecule has 1 aromatic carbocycles.